The summed E-state index contributed by atoms with van der Waals surface area (Å²) in [6, 6.07) is 9.07. The molecular formula is C20H26O6. The summed E-state index contributed by atoms with van der Waals surface area (Å²) in [7, 11) is 1.18. The molecule has 1 unspecified atom stereocenters. The van der Waals surface area contributed by atoms with Gasteiger partial charge in [0.1, 0.15) is 17.4 Å². The number of ketones is 2. The fraction of sp³-hybridized carbons (Fsp3) is 0.500. The first-order valence-electron chi connectivity index (χ1n) is 8.34. The summed E-state index contributed by atoms with van der Waals surface area (Å²) in [5, 5.41) is 0. The van der Waals surface area contributed by atoms with Crippen molar-refractivity contribution in [2.24, 2.45) is 16.7 Å². The quantitative estimate of drug-likeness (QED) is 0.522. The van der Waals surface area contributed by atoms with Gasteiger partial charge in [0.05, 0.1) is 13.0 Å². The average Bonchev–Trinajstić information content (AvgIpc) is 2.63. The van der Waals surface area contributed by atoms with E-state index in [1.54, 1.807) is 12.1 Å². The van der Waals surface area contributed by atoms with Gasteiger partial charge in [0.25, 0.3) is 0 Å². The molecule has 6 heteroatoms. The summed E-state index contributed by atoms with van der Waals surface area (Å²) in [6.45, 7) is 7.04. The minimum Gasteiger partial charge on any atom is -0.468 e. The predicted molar refractivity (Wildman–Crippen MR) is 95.0 cm³/mol. The predicted octanol–water partition coefficient (Wildman–Crippen LogP) is 2.73. The normalized spacial score (nSPS) is 12.8. The minimum absolute atomic E-state index is 0.0341. The summed E-state index contributed by atoms with van der Waals surface area (Å²) in [5.41, 5.74) is -2.20. The Kier molecular flexibility index (Phi) is 6.84. The zero-order valence-electron chi connectivity index (χ0n) is 16.1. The fourth-order valence-corrected chi connectivity index (χ4v) is 2.56. The first-order valence-corrected chi connectivity index (χ1v) is 8.34. The second-order valence-electron chi connectivity index (χ2n) is 7.25. The maximum absolute atomic E-state index is 12.7. The monoisotopic (exact) mass is 362 g/mol. The lowest BCUT2D eigenvalue weighted by molar-refractivity contribution is -0.162. The average molecular weight is 362 g/mol. The van der Waals surface area contributed by atoms with Gasteiger partial charge >= 0.3 is 11.9 Å². The minimum atomic E-state index is -1.52. The molecule has 0 aromatic heterocycles. The Hall–Kier alpha value is -2.50. The molecule has 0 fully saturated rings. The van der Waals surface area contributed by atoms with Gasteiger partial charge in [0, 0.05) is 0 Å². The van der Waals surface area contributed by atoms with E-state index in [0.29, 0.717) is 0 Å². The van der Waals surface area contributed by atoms with Crippen LogP contribution in [0.5, 0.6) is 0 Å². The van der Waals surface area contributed by atoms with Crippen molar-refractivity contribution in [2.45, 2.75) is 41.2 Å². The smallest absolute Gasteiger partial charge is 0.319 e. The van der Waals surface area contributed by atoms with Crippen LogP contribution < -0.4 is 0 Å². The van der Waals surface area contributed by atoms with Crippen LogP contribution in [-0.2, 0) is 35.3 Å². The Morgan fingerprint density at radius 3 is 1.81 bits per heavy atom. The van der Waals surface area contributed by atoms with Gasteiger partial charge in [-0.15, -0.1) is 0 Å². The molecule has 1 rings (SSSR count). The second kappa shape index (κ2) is 8.25. The second-order valence-corrected chi connectivity index (χ2v) is 7.25. The summed E-state index contributed by atoms with van der Waals surface area (Å²) in [6.07, 6.45) is 0. The van der Waals surface area contributed by atoms with Gasteiger partial charge in [-0.25, -0.2) is 0 Å². The number of ether oxygens (including phenoxy) is 2. The van der Waals surface area contributed by atoms with Crippen LogP contribution in [0.1, 0.15) is 40.2 Å². The fourth-order valence-electron chi connectivity index (χ4n) is 2.56. The largest absolute Gasteiger partial charge is 0.468 e. The highest BCUT2D eigenvalue weighted by Crippen LogP contribution is 2.30. The SMILES string of the molecule is COC(=O)C(C)(C)C(=O)C(C)C(=O)C(C)(C)C(=O)OCc1ccccc1. The van der Waals surface area contributed by atoms with E-state index in [9.17, 15) is 19.2 Å². The summed E-state index contributed by atoms with van der Waals surface area (Å²) in [5.74, 6) is -3.80. The molecule has 1 aromatic carbocycles. The van der Waals surface area contributed by atoms with Crippen molar-refractivity contribution >= 4 is 23.5 Å². The van der Waals surface area contributed by atoms with Gasteiger partial charge in [0.15, 0.2) is 11.6 Å². The highest BCUT2D eigenvalue weighted by Gasteiger charge is 2.47. The van der Waals surface area contributed by atoms with Crippen LogP contribution in [0.15, 0.2) is 30.3 Å². The molecule has 0 N–H and O–H groups in total. The number of carbonyl (C=O) groups is 4. The first-order chi connectivity index (χ1) is 12.0. The summed E-state index contributed by atoms with van der Waals surface area (Å²) < 4.78 is 9.86. The molecule has 0 saturated heterocycles. The van der Waals surface area contributed by atoms with Gasteiger partial charge in [-0.1, -0.05) is 30.3 Å². The standard InChI is InChI=1S/C20H26O6/c1-13(15(21)19(2,3)17(23)25-6)16(22)20(4,5)18(24)26-12-14-10-8-7-9-11-14/h7-11,13H,12H2,1-6H3. The highest BCUT2D eigenvalue weighted by molar-refractivity contribution is 6.17. The van der Waals surface area contributed by atoms with Crippen LogP contribution in [0.25, 0.3) is 0 Å². The molecule has 6 nitrogen and oxygen atoms in total. The van der Waals surface area contributed by atoms with Crippen molar-refractivity contribution < 1.29 is 28.7 Å². The van der Waals surface area contributed by atoms with Crippen LogP contribution in [0, 0.1) is 16.7 Å². The summed E-state index contributed by atoms with van der Waals surface area (Å²) in [4.78, 5) is 49.5. The Labute approximate surface area is 153 Å². The van der Waals surface area contributed by atoms with Crippen LogP contribution in [-0.4, -0.2) is 30.6 Å². The van der Waals surface area contributed by atoms with Crippen molar-refractivity contribution in [3.8, 4) is 0 Å². The molecule has 0 radical (unpaired) electrons. The highest BCUT2D eigenvalue weighted by atomic mass is 16.5. The lowest BCUT2D eigenvalue weighted by Gasteiger charge is -2.28. The van der Waals surface area contributed by atoms with Gasteiger partial charge < -0.3 is 9.47 Å². The van der Waals surface area contributed by atoms with Crippen molar-refractivity contribution in [1.82, 2.24) is 0 Å². The molecule has 0 bridgehead atoms. The van der Waals surface area contributed by atoms with Crippen molar-refractivity contribution in [3.05, 3.63) is 35.9 Å². The van der Waals surface area contributed by atoms with Crippen molar-refractivity contribution in [1.29, 1.82) is 0 Å². The Morgan fingerprint density at radius 1 is 0.885 bits per heavy atom. The zero-order chi connectivity index (χ0) is 20.1. The molecule has 26 heavy (non-hydrogen) atoms. The van der Waals surface area contributed by atoms with E-state index in [2.05, 4.69) is 4.74 Å². The van der Waals surface area contributed by atoms with Crippen LogP contribution in [0.4, 0.5) is 0 Å². The summed E-state index contributed by atoms with van der Waals surface area (Å²) >= 11 is 0. The van der Waals surface area contributed by atoms with E-state index in [0.717, 1.165) is 5.56 Å². The molecule has 0 aliphatic carbocycles. The molecule has 0 aliphatic rings. The van der Waals surface area contributed by atoms with E-state index < -0.39 is 40.3 Å². The lowest BCUT2D eigenvalue weighted by Crippen LogP contribution is -2.46. The molecule has 142 valence electrons. The lowest BCUT2D eigenvalue weighted by atomic mass is 9.74. The van der Waals surface area contributed by atoms with Crippen LogP contribution >= 0.6 is 0 Å². The molecule has 0 spiro atoms. The molecule has 0 aliphatic heterocycles. The molecule has 0 saturated carbocycles. The number of benzene rings is 1. The van der Waals surface area contributed by atoms with Crippen molar-refractivity contribution in [3.63, 3.8) is 0 Å². The number of hydrogen-bond donors (Lipinski definition) is 0. The van der Waals surface area contributed by atoms with E-state index in [4.69, 9.17) is 4.74 Å². The van der Waals surface area contributed by atoms with E-state index in [-0.39, 0.29) is 6.61 Å². The van der Waals surface area contributed by atoms with Crippen LogP contribution in [0.2, 0.25) is 0 Å². The van der Waals surface area contributed by atoms with Gasteiger partial charge in [-0.3, -0.25) is 19.2 Å². The number of hydrogen-bond acceptors (Lipinski definition) is 6. The Bertz CT molecular complexity index is 688. The number of carbonyl (C=O) groups excluding carboxylic acids is 4. The zero-order valence-corrected chi connectivity index (χ0v) is 16.1. The van der Waals surface area contributed by atoms with E-state index >= 15 is 0 Å². The van der Waals surface area contributed by atoms with Crippen molar-refractivity contribution in [2.75, 3.05) is 7.11 Å². The van der Waals surface area contributed by atoms with Gasteiger partial charge in [0.2, 0.25) is 0 Å². The maximum atomic E-state index is 12.7. The van der Waals surface area contributed by atoms with Crippen LogP contribution in [0.3, 0.4) is 0 Å². The molecular weight excluding hydrogens is 336 g/mol. The Balaban J connectivity index is 2.86. The molecule has 1 atom stereocenters. The van der Waals surface area contributed by atoms with E-state index in [1.807, 2.05) is 18.2 Å². The Morgan fingerprint density at radius 2 is 1.35 bits per heavy atom. The first kappa shape index (κ1) is 21.5. The third kappa shape index (κ3) is 4.56. The van der Waals surface area contributed by atoms with Gasteiger partial charge in [-0.2, -0.15) is 0 Å². The van der Waals surface area contributed by atoms with E-state index in [1.165, 1.54) is 41.7 Å². The topological polar surface area (TPSA) is 86.7 Å². The van der Waals surface area contributed by atoms with Gasteiger partial charge in [-0.05, 0) is 40.2 Å². The molecule has 1 aromatic rings. The third-order valence-electron chi connectivity index (χ3n) is 4.44. The maximum Gasteiger partial charge on any atom is 0.319 e. The number of Topliss-reactive ketones (excluding diaryl/α,β-unsaturated/α-hetero) is 2. The molecule has 0 amide bonds. The third-order valence-corrected chi connectivity index (χ3v) is 4.44. The number of esters is 2. The molecule has 0 heterocycles. The number of methoxy groups -OCH3 is 1. The number of rotatable bonds is 8.